The standard InChI is InChI=1S/C17H11F2IN4/c1-10-16(20)17-21-15(23-4-2-3-5-23)9-14(24(17)22-10)11-6-12(18)8-13(19)7-11/h2-9H,1H3. The van der Waals surface area contributed by atoms with E-state index in [2.05, 4.69) is 32.7 Å². The molecule has 0 unspecified atom stereocenters. The van der Waals surface area contributed by atoms with Gasteiger partial charge in [-0.3, -0.25) is 0 Å². The van der Waals surface area contributed by atoms with E-state index in [4.69, 9.17) is 0 Å². The Hall–Kier alpha value is -2.29. The van der Waals surface area contributed by atoms with Crippen LogP contribution in [0.4, 0.5) is 8.78 Å². The highest BCUT2D eigenvalue weighted by Gasteiger charge is 2.16. The molecule has 0 aliphatic rings. The van der Waals surface area contributed by atoms with Crippen molar-refractivity contribution in [3.63, 3.8) is 0 Å². The van der Waals surface area contributed by atoms with Crippen LogP contribution in [-0.4, -0.2) is 19.2 Å². The number of nitrogens with zero attached hydrogens (tertiary/aromatic N) is 4. The van der Waals surface area contributed by atoms with Crippen LogP contribution in [-0.2, 0) is 0 Å². The minimum absolute atomic E-state index is 0.409. The molecular weight excluding hydrogens is 425 g/mol. The van der Waals surface area contributed by atoms with Crippen molar-refractivity contribution in [2.75, 3.05) is 0 Å². The van der Waals surface area contributed by atoms with Crippen LogP contribution in [0.25, 0.3) is 22.7 Å². The fourth-order valence-corrected chi connectivity index (χ4v) is 3.07. The summed E-state index contributed by atoms with van der Waals surface area (Å²) in [5.41, 5.74) is 2.45. The number of hydrogen-bond acceptors (Lipinski definition) is 2. The van der Waals surface area contributed by atoms with Gasteiger partial charge >= 0.3 is 0 Å². The lowest BCUT2D eigenvalue weighted by atomic mass is 10.1. The zero-order chi connectivity index (χ0) is 16.8. The van der Waals surface area contributed by atoms with Crippen molar-refractivity contribution in [3.05, 3.63) is 69.7 Å². The molecule has 24 heavy (non-hydrogen) atoms. The Balaban J connectivity index is 2.07. The molecule has 3 heterocycles. The van der Waals surface area contributed by atoms with E-state index in [1.165, 1.54) is 12.1 Å². The summed E-state index contributed by atoms with van der Waals surface area (Å²) in [7, 11) is 0. The second-order valence-corrected chi connectivity index (χ2v) is 6.46. The van der Waals surface area contributed by atoms with Gasteiger partial charge in [-0.1, -0.05) is 0 Å². The van der Waals surface area contributed by atoms with Gasteiger partial charge in [-0.25, -0.2) is 18.3 Å². The van der Waals surface area contributed by atoms with E-state index in [0.29, 0.717) is 22.7 Å². The molecule has 0 saturated carbocycles. The summed E-state index contributed by atoms with van der Waals surface area (Å²) in [6, 6.07) is 8.99. The van der Waals surface area contributed by atoms with E-state index in [0.717, 1.165) is 15.3 Å². The number of aryl methyl sites for hydroxylation is 1. The van der Waals surface area contributed by atoms with E-state index in [1.54, 1.807) is 10.6 Å². The Morgan fingerprint density at radius 2 is 1.67 bits per heavy atom. The van der Waals surface area contributed by atoms with Gasteiger partial charge in [-0.2, -0.15) is 5.10 Å². The highest BCUT2D eigenvalue weighted by molar-refractivity contribution is 14.1. The quantitative estimate of drug-likeness (QED) is 0.438. The fraction of sp³-hybridized carbons (Fsp3) is 0.0588. The first-order chi connectivity index (χ1) is 11.5. The third-order valence-corrected chi connectivity index (χ3v) is 4.97. The molecule has 4 aromatic rings. The van der Waals surface area contributed by atoms with E-state index >= 15 is 0 Å². The summed E-state index contributed by atoms with van der Waals surface area (Å²) in [5.74, 6) is -0.600. The number of halogens is 3. The van der Waals surface area contributed by atoms with Crippen LogP contribution >= 0.6 is 22.6 Å². The fourth-order valence-electron chi connectivity index (χ4n) is 2.61. The third kappa shape index (κ3) is 2.48. The number of aromatic nitrogens is 4. The molecule has 0 amide bonds. The average molecular weight is 436 g/mol. The molecule has 3 aromatic heterocycles. The monoisotopic (exact) mass is 436 g/mol. The molecule has 0 bridgehead atoms. The van der Waals surface area contributed by atoms with Gasteiger partial charge in [0, 0.05) is 30.1 Å². The lowest BCUT2D eigenvalue weighted by Crippen LogP contribution is -2.03. The summed E-state index contributed by atoms with van der Waals surface area (Å²) in [4.78, 5) is 4.64. The van der Waals surface area contributed by atoms with Gasteiger partial charge in [0.15, 0.2) is 5.65 Å². The molecule has 4 nitrogen and oxygen atoms in total. The molecule has 4 rings (SSSR count). The predicted molar refractivity (Wildman–Crippen MR) is 95.1 cm³/mol. The zero-order valence-corrected chi connectivity index (χ0v) is 14.7. The topological polar surface area (TPSA) is 35.1 Å². The van der Waals surface area contributed by atoms with Gasteiger partial charge in [-0.15, -0.1) is 0 Å². The van der Waals surface area contributed by atoms with Gasteiger partial charge in [0.1, 0.15) is 17.5 Å². The Bertz CT molecular complexity index is 1030. The minimum atomic E-state index is -0.629. The van der Waals surface area contributed by atoms with E-state index < -0.39 is 11.6 Å². The zero-order valence-electron chi connectivity index (χ0n) is 12.5. The molecule has 120 valence electrons. The van der Waals surface area contributed by atoms with Crippen molar-refractivity contribution in [1.82, 2.24) is 19.2 Å². The van der Waals surface area contributed by atoms with Crippen molar-refractivity contribution in [1.29, 1.82) is 0 Å². The lowest BCUT2D eigenvalue weighted by molar-refractivity contribution is 0.584. The second-order valence-electron chi connectivity index (χ2n) is 5.38. The van der Waals surface area contributed by atoms with Gasteiger partial charge in [0.25, 0.3) is 0 Å². The van der Waals surface area contributed by atoms with E-state index in [-0.39, 0.29) is 0 Å². The smallest absolute Gasteiger partial charge is 0.171 e. The number of rotatable bonds is 2. The number of benzene rings is 1. The first-order valence-electron chi connectivity index (χ1n) is 7.18. The SMILES string of the molecule is Cc1nn2c(-c3cc(F)cc(F)c3)cc(-n3cccc3)nc2c1I. The molecule has 0 N–H and O–H groups in total. The van der Waals surface area contributed by atoms with Crippen LogP contribution in [0.5, 0.6) is 0 Å². The minimum Gasteiger partial charge on any atom is -0.309 e. The van der Waals surface area contributed by atoms with Crippen LogP contribution in [0, 0.1) is 22.1 Å². The molecule has 1 aromatic carbocycles. The van der Waals surface area contributed by atoms with Gasteiger partial charge in [-0.05, 0) is 53.8 Å². The molecular formula is C17H11F2IN4. The van der Waals surface area contributed by atoms with Crippen molar-refractivity contribution in [2.45, 2.75) is 6.92 Å². The van der Waals surface area contributed by atoms with E-state index in [9.17, 15) is 8.78 Å². The third-order valence-electron chi connectivity index (χ3n) is 3.71. The summed E-state index contributed by atoms with van der Waals surface area (Å²) in [5, 5.41) is 4.46. The maximum absolute atomic E-state index is 13.7. The normalized spacial score (nSPS) is 11.3. The molecule has 0 atom stereocenters. The molecule has 0 spiro atoms. The highest BCUT2D eigenvalue weighted by Crippen LogP contribution is 2.27. The average Bonchev–Trinajstić information content (AvgIpc) is 3.15. The first kappa shape index (κ1) is 15.3. The summed E-state index contributed by atoms with van der Waals surface area (Å²) in [6.45, 7) is 1.88. The molecule has 0 aliphatic carbocycles. The van der Waals surface area contributed by atoms with Gasteiger partial charge in [0.2, 0.25) is 0 Å². The van der Waals surface area contributed by atoms with Crippen LogP contribution in [0.1, 0.15) is 5.69 Å². The number of fused-ring (bicyclic) bond motifs is 1. The maximum Gasteiger partial charge on any atom is 0.171 e. The van der Waals surface area contributed by atoms with Crippen LogP contribution in [0.15, 0.2) is 48.8 Å². The molecule has 0 aliphatic heterocycles. The Morgan fingerprint density at radius 3 is 2.33 bits per heavy atom. The lowest BCUT2D eigenvalue weighted by Gasteiger charge is -2.09. The first-order valence-corrected chi connectivity index (χ1v) is 8.26. The molecule has 0 saturated heterocycles. The predicted octanol–water partition coefficient (Wildman–Crippen LogP) is 4.38. The molecule has 0 radical (unpaired) electrons. The van der Waals surface area contributed by atoms with Crippen LogP contribution in [0.3, 0.4) is 0 Å². The summed E-state index contributed by atoms with van der Waals surface area (Å²) in [6.07, 6.45) is 3.73. The highest BCUT2D eigenvalue weighted by atomic mass is 127. The van der Waals surface area contributed by atoms with Crippen molar-refractivity contribution in [2.24, 2.45) is 0 Å². The van der Waals surface area contributed by atoms with Crippen molar-refractivity contribution in [3.8, 4) is 17.1 Å². The Kier molecular flexibility index (Phi) is 3.60. The summed E-state index contributed by atoms with van der Waals surface area (Å²) >= 11 is 2.18. The summed E-state index contributed by atoms with van der Waals surface area (Å²) < 4.78 is 31.7. The second kappa shape index (κ2) is 5.66. The van der Waals surface area contributed by atoms with Crippen LogP contribution < -0.4 is 0 Å². The number of hydrogen-bond donors (Lipinski definition) is 0. The van der Waals surface area contributed by atoms with E-state index in [1.807, 2.05) is 36.0 Å². The molecule has 7 heteroatoms. The van der Waals surface area contributed by atoms with Crippen molar-refractivity contribution < 1.29 is 8.78 Å². The van der Waals surface area contributed by atoms with Gasteiger partial charge < -0.3 is 4.57 Å². The van der Waals surface area contributed by atoms with Gasteiger partial charge in [0.05, 0.1) is 15.0 Å². The van der Waals surface area contributed by atoms with Crippen molar-refractivity contribution >= 4 is 28.2 Å². The largest absolute Gasteiger partial charge is 0.309 e. The molecule has 0 fully saturated rings. The Labute approximate surface area is 149 Å². The Morgan fingerprint density at radius 1 is 1.00 bits per heavy atom. The van der Waals surface area contributed by atoms with Crippen LogP contribution in [0.2, 0.25) is 0 Å². The maximum atomic E-state index is 13.7.